The van der Waals surface area contributed by atoms with Crippen LogP contribution in [0, 0.1) is 0 Å². The molecule has 110 valence electrons. The lowest BCUT2D eigenvalue weighted by molar-refractivity contribution is 0.0912. The normalized spacial score (nSPS) is 15.1. The van der Waals surface area contributed by atoms with E-state index in [1.807, 2.05) is 25.1 Å². The van der Waals surface area contributed by atoms with Gasteiger partial charge in [0.05, 0.1) is 25.5 Å². The number of carbonyl (C=O) groups excluding carboxylic acids is 1. The minimum absolute atomic E-state index is 0.153. The summed E-state index contributed by atoms with van der Waals surface area (Å²) in [7, 11) is 0. The molecule has 0 saturated carbocycles. The second-order valence-corrected chi connectivity index (χ2v) is 4.93. The van der Waals surface area contributed by atoms with Crippen LogP contribution in [0.2, 0.25) is 0 Å². The molecule has 1 aliphatic heterocycles. The third-order valence-corrected chi connectivity index (χ3v) is 3.36. The zero-order chi connectivity index (χ0) is 14.7. The van der Waals surface area contributed by atoms with E-state index in [-0.39, 0.29) is 11.9 Å². The topological polar surface area (TPSA) is 60.7 Å². The molecular weight excluding hydrogens is 270 g/mol. The highest BCUT2D eigenvalue weighted by Gasteiger charge is 2.16. The maximum atomic E-state index is 12.0. The lowest BCUT2D eigenvalue weighted by atomic mass is 10.1. The summed E-state index contributed by atoms with van der Waals surface area (Å²) in [6.45, 7) is 3.22. The summed E-state index contributed by atoms with van der Waals surface area (Å²) in [6.07, 6.45) is 2.35. The molecule has 21 heavy (non-hydrogen) atoms. The fourth-order valence-electron chi connectivity index (χ4n) is 2.21. The Balaban J connectivity index is 1.74. The first kappa shape index (κ1) is 13.5. The summed E-state index contributed by atoms with van der Waals surface area (Å²) in [6, 6.07) is 8.89. The van der Waals surface area contributed by atoms with Crippen LogP contribution in [0.4, 0.5) is 0 Å². The van der Waals surface area contributed by atoms with E-state index in [9.17, 15) is 4.79 Å². The minimum atomic E-state index is -0.236. The molecule has 2 aromatic rings. The van der Waals surface area contributed by atoms with Gasteiger partial charge in [-0.2, -0.15) is 0 Å². The van der Waals surface area contributed by atoms with Crippen molar-refractivity contribution in [3.63, 3.8) is 0 Å². The van der Waals surface area contributed by atoms with Crippen LogP contribution in [0.5, 0.6) is 11.5 Å². The maximum Gasteiger partial charge on any atom is 0.287 e. The van der Waals surface area contributed by atoms with Crippen molar-refractivity contribution >= 4 is 5.91 Å². The van der Waals surface area contributed by atoms with Gasteiger partial charge in [0.25, 0.3) is 5.91 Å². The first-order valence-corrected chi connectivity index (χ1v) is 6.98. The summed E-state index contributed by atoms with van der Waals surface area (Å²) in [5.74, 6) is 1.54. The van der Waals surface area contributed by atoms with Gasteiger partial charge in [-0.05, 0) is 36.8 Å². The van der Waals surface area contributed by atoms with Crippen molar-refractivity contribution in [1.29, 1.82) is 0 Å². The van der Waals surface area contributed by atoms with E-state index in [2.05, 4.69) is 5.32 Å². The van der Waals surface area contributed by atoms with Crippen molar-refractivity contribution in [2.75, 3.05) is 13.2 Å². The molecular formula is C16H17NO4. The van der Waals surface area contributed by atoms with E-state index in [1.165, 1.54) is 6.26 Å². The quantitative estimate of drug-likeness (QED) is 0.943. The average Bonchev–Trinajstić information content (AvgIpc) is 2.92. The Morgan fingerprint density at radius 2 is 2.00 bits per heavy atom. The monoisotopic (exact) mass is 287 g/mol. The van der Waals surface area contributed by atoms with Crippen LogP contribution in [0.15, 0.2) is 41.0 Å². The van der Waals surface area contributed by atoms with Crippen molar-refractivity contribution < 1.29 is 18.7 Å². The molecule has 0 fully saturated rings. The summed E-state index contributed by atoms with van der Waals surface area (Å²) < 4.78 is 16.3. The first-order chi connectivity index (χ1) is 10.2. The second kappa shape index (κ2) is 5.91. The van der Waals surface area contributed by atoms with Gasteiger partial charge in [-0.25, -0.2) is 0 Å². The van der Waals surface area contributed by atoms with Gasteiger partial charge in [0, 0.05) is 6.42 Å². The molecule has 0 bridgehead atoms. The molecule has 0 aliphatic carbocycles. The van der Waals surface area contributed by atoms with Crippen LogP contribution in [0.1, 0.15) is 35.5 Å². The van der Waals surface area contributed by atoms with Gasteiger partial charge in [-0.1, -0.05) is 6.07 Å². The molecule has 2 heterocycles. The number of ether oxygens (including phenoxy) is 2. The Bertz CT molecular complexity index is 621. The summed E-state index contributed by atoms with van der Waals surface area (Å²) in [5.41, 5.74) is 0.958. The second-order valence-electron chi connectivity index (χ2n) is 4.93. The third-order valence-electron chi connectivity index (χ3n) is 3.36. The van der Waals surface area contributed by atoms with E-state index in [0.29, 0.717) is 19.0 Å². The number of nitrogens with one attached hydrogen (secondary N) is 1. The van der Waals surface area contributed by atoms with Gasteiger partial charge in [-0.15, -0.1) is 0 Å². The highest BCUT2D eigenvalue weighted by Crippen LogP contribution is 2.32. The highest BCUT2D eigenvalue weighted by molar-refractivity contribution is 5.91. The molecule has 1 aromatic heterocycles. The smallest absolute Gasteiger partial charge is 0.287 e. The highest BCUT2D eigenvalue weighted by atomic mass is 16.5. The van der Waals surface area contributed by atoms with Crippen LogP contribution in [-0.4, -0.2) is 19.1 Å². The van der Waals surface area contributed by atoms with Gasteiger partial charge in [0.2, 0.25) is 0 Å². The molecule has 1 N–H and O–H groups in total. The van der Waals surface area contributed by atoms with Gasteiger partial charge >= 0.3 is 0 Å². The maximum absolute atomic E-state index is 12.0. The Morgan fingerprint density at radius 3 is 2.76 bits per heavy atom. The van der Waals surface area contributed by atoms with Crippen molar-refractivity contribution in [3.05, 3.63) is 47.9 Å². The van der Waals surface area contributed by atoms with Crippen LogP contribution in [-0.2, 0) is 0 Å². The third kappa shape index (κ3) is 3.02. The predicted octanol–water partition coefficient (Wildman–Crippen LogP) is 2.93. The summed E-state index contributed by atoms with van der Waals surface area (Å²) >= 11 is 0. The molecule has 0 spiro atoms. The van der Waals surface area contributed by atoms with E-state index in [0.717, 1.165) is 23.5 Å². The van der Waals surface area contributed by atoms with Gasteiger partial charge in [0.15, 0.2) is 17.3 Å². The van der Waals surface area contributed by atoms with Crippen molar-refractivity contribution in [1.82, 2.24) is 5.32 Å². The Hall–Kier alpha value is -2.43. The van der Waals surface area contributed by atoms with E-state index >= 15 is 0 Å². The van der Waals surface area contributed by atoms with E-state index in [1.54, 1.807) is 12.1 Å². The Kier molecular flexibility index (Phi) is 3.81. The molecule has 1 aromatic carbocycles. The Labute approximate surface area is 122 Å². The molecule has 3 rings (SSSR count). The summed E-state index contributed by atoms with van der Waals surface area (Å²) in [4.78, 5) is 12.0. The zero-order valence-corrected chi connectivity index (χ0v) is 11.8. The SMILES string of the molecule is C[C@@H](NC(=O)c1ccco1)c1ccc2c(c1)OCCCO2. The lowest BCUT2D eigenvalue weighted by Crippen LogP contribution is -2.26. The minimum Gasteiger partial charge on any atom is -0.490 e. The van der Waals surface area contributed by atoms with Crippen molar-refractivity contribution in [2.24, 2.45) is 0 Å². The van der Waals surface area contributed by atoms with E-state index < -0.39 is 0 Å². The van der Waals surface area contributed by atoms with Gasteiger partial charge in [-0.3, -0.25) is 4.79 Å². The fraction of sp³-hybridized carbons (Fsp3) is 0.312. The average molecular weight is 287 g/mol. The lowest BCUT2D eigenvalue weighted by Gasteiger charge is -2.15. The number of fused-ring (bicyclic) bond motifs is 1. The van der Waals surface area contributed by atoms with Crippen LogP contribution >= 0.6 is 0 Å². The molecule has 1 atom stereocenters. The number of carbonyl (C=O) groups is 1. The van der Waals surface area contributed by atoms with Gasteiger partial charge in [0.1, 0.15) is 0 Å². The molecule has 0 radical (unpaired) electrons. The van der Waals surface area contributed by atoms with Gasteiger partial charge < -0.3 is 19.2 Å². The number of hydrogen-bond donors (Lipinski definition) is 1. The molecule has 0 unspecified atom stereocenters. The summed E-state index contributed by atoms with van der Waals surface area (Å²) in [5, 5.41) is 2.89. The number of benzene rings is 1. The van der Waals surface area contributed by atoms with Crippen molar-refractivity contribution in [2.45, 2.75) is 19.4 Å². The van der Waals surface area contributed by atoms with Crippen molar-refractivity contribution in [3.8, 4) is 11.5 Å². The van der Waals surface area contributed by atoms with Crippen LogP contribution in [0.3, 0.4) is 0 Å². The number of hydrogen-bond acceptors (Lipinski definition) is 4. The Morgan fingerprint density at radius 1 is 1.19 bits per heavy atom. The standard InChI is InChI=1S/C16H17NO4/c1-11(17-16(18)14-4-2-7-20-14)12-5-6-13-15(10-12)21-9-3-8-19-13/h2,4-7,10-11H,3,8-9H2,1H3,(H,17,18)/t11-/m1/s1. The predicted molar refractivity (Wildman–Crippen MR) is 76.6 cm³/mol. The molecule has 5 nitrogen and oxygen atoms in total. The van der Waals surface area contributed by atoms with E-state index in [4.69, 9.17) is 13.9 Å². The molecule has 1 amide bonds. The number of rotatable bonds is 3. The largest absolute Gasteiger partial charge is 0.490 e. The van der Waals surface area contributed by atoms with Crippen LogP contribution < -0.4 is 14.8 Å². The fourth-order valence-corrected chi connectivity index (χ4v) is 2.21. The van der Waals surface area contributed by atoms with Crippen LogP contribution in [0.25, 0.3) is 0 Å². The number of amides is 1. The molecule has 1 aliphatic rings. The first-order valence-electron chi connectivity index (χ1n) is 6.98. The molecule has 0 saturated heterocycles. The number of furan rings is 1. The molecule has 5 heteroatoms. The zero-order valence-electron chi connectivity index (χ0n) is 11.8.